The molecule has 0 unspecified atom stereocenters. The predicted octanol–water partition coefficient (Wildman–Crippen LogP) is 0.928. The van der Waals surface area contributed by atoms with E-state index in [0.29, 0.717) is 43.3 Å². The lowest BCUT2D eigenvalue weighted by Crippen LogP contribution is -2.48. The second-order valence-corrected chi connectivity index (χ2v) is 7.80. The van der Waals surface area contributed by atoms with Gasteiger partial charge in [0.15, 0.2) is 11.4 Å². The number of aryl methyl sites for hydroxylation is 1. The lowest BCUT2D eigenvalue weighted by Gasteiger charge is -2.33. The molecule has 1 saturated heterocycles. The lowest BCUT2D eigenvalue weighted by molar-refractivity contribution is 0.371. The molecule has 4 rings (SSSR count). The monoisotopic (exact) mass is 364 g/mol. The Labute approximate surface area is 142 Å². The van der Waals surface area contributed by atoms with Gasteiger partial charge in [-0.1, -0.05) is 5.16 Å². The highest BCUT2D eigenvalue weighted by atomic mass is 32.2. The van der Waals surface area contributed by atoms with Gasteiger partial charge in [0.2, 0.25) is 10.0 Å². The molecule has 2 aromatic heterocycles. The number of hydrogen-bond acceptors (Lipinski definition) is 7. The molecule has 0 radical (unpaired) electrons. The molecule has 3 heterocycles. The molecule has 0 bridgehead atoms. The highest BCUT2D eigenvalue weighted by Gasteiger charge is 2.29. The van der Waals surface area contributed by atoms with Gasteiger partial charge in [0, 0.05) is 38.3 Å². The minimum absolute atomic E-state index is 0.105. The van der Waals surface area contributed by atoms with Gasteiger partial charge in [0.05, 0.1) is 10.4 Å². The first-order valence-electron chi connectivity index (χ1n) is 7.75. The fraction of sp³-hybridized carbons (Fsp3) is 0.333. The maximum atomic E-state index is 12.8. The molecule has 1 fully saturated rings. The number of nitrogens with one attached hydrogen (secondary N) is 1. The molecule has 132 valence electrons. The summed E-state index contributed by atoms with van der Waals surface area (Å²) < 4.78 is 37.1. The van der Waals surface area contributed by atoms with E-state index in [0.717, 1.165) is 0 Å². The summed E-state index contributed by atoms with van der Waals surface area (Å²) in [6.07, 6.45) is 0. The summed E-state index contributed by atoms with van der Waals surface area (Å²) in [5, 5.41) is 3.96. The van der Waals surface area contributed by atoms with Crippen LogP contribution in [0.2, 0.25) is 0 Å². The average molecular weight is 364 g/mol. The van der Waals surface area contributed by atoms with Crippen LogP contribution in [-0.2, 0) is 10.0 Å². The van der Waals surface area contributed by atoms with Crippen molar-refractivity contribution in [2.24, 2.45) is 0 Å². The van der Waals surface area contributed by atoms with Crippen molar-refractivity contribution in [3.05, 3.63) is 40.6 Å². The van der Waals surface area contributed by atoms with Crippen LogP contribution < -0.4 is 10.7 Å². The van der Waals surface area contributed by atoms with Crippen LogP contribution in [0.4, 0.5) is 5.82 Å². The number of benzene rings is 1. The molecule has 1 aliphatic heterocycles. The molecule has 0 saturated carbocycles. The number of aromatic amines is 1. The first kappa shape index (κ1) is 15.9. The van der Waals surface area contributed by atoms with Gasteiger partial charge in [-0.2, -0.15) is 4.31 Å². The molecular weight excluding hydrogens is 348 g/mol. The summed E-state index contributed by atoms with van der Waals surface area (Å²) in [5.41, 5.74) is 0.693. The number of sulfonamides is 1. The van der Waals surface area contributed by atoms with Crippen LogP contribution in [-0.4, -0.2) is 49.0 Å². The van der Waals surface area contributed by atoms with Crippen molar-refractivity contribution >= 4 is 26.9 Å². The Morgan fingerprint density at radius 3 is 2.60 bits per heavy atom. The van der Waals surface area contributed by atoms with Crippen molar-refractivity contribution in [2.45, 2.75) is 11.8 Å². The van der Waals surface area contributed by atoms with E-state index in [1.165, 1.54) is 22.5 Å². The van der Waals surface area contributed by atoms with Gasteiger partial charge in [-0.3, -0.25) is 4.98 Å². The Morgan fingerprint density at radius 2 is 1.92 bits per heavy atom. The molecule has 1 aromatic carbocycles. The number of aromatic nitrogens is 2. The summed E-state index contributed by atoms with van der Waals surface area (Å²) in [7, 11) is -3.66. The number of oxazole rings is 1. The lowest BCUT2D eigenvalue weighted by atomic mass is 10.3. The minimum Gasteiger partial charge on any atom is -0.408 e. The zero-order valence-electron chi connectivity index (χ0n) is 13.4. The van der Waals surface area contributed by atoms with Crippen LogP contribution in [0, 0.1) is 6.92 Å². The Morgan fingerprint density at radius 1 is 1.16 bits per heavy atom. The normalized spacial score (nSPS) is 16.6. The van der Waals surface area contributed by atoms with Crippen LogP contribution >= 0.6 is 0 Å². The number of rotatable bonds is 3. The van der Waals surface area contributed by atoms with Crippen LogP contribution in [0.25, 0.3) is 11.1 Å². The third-order valence-electron chi connectivity index (χ3n) is 4.21. The summed E-state index contributed by atoms with van der Waals surface area (Å²) in [6.45, 7) is 3.53. The largest absolute Gasteiger partial charge is 0.417 e. The third kappa shape index (κ3) is 2.83. The zero-order chi connectivity index (χ0) is 17.6. The van der Waals surface area contributed by atoms with E-state index in [9.17, 15) is 13.2 Å². The number of anilines is 1. The highest BCUT2D eigenvalue weighted by Crippen LogP contribution is 2.23. The number of piperazine rings is 1. The quantitative estimate of drug-likeness (QED) is 0.735. The fourth-order valence-corrected chi connectivity index (χ4v) is 4.33. The molecule has 10 heteroatoms. The number of hydrogen-bond donors (Lipinski definition) is 1. The van der Waals surface area contributed by atoms with E-state index in [4.69, 9.17) is 8.94 Å². The number of nitrogens with zero attached hydrogens (tertiary/aromatic N) is 3. The second kappa shape index (κ2) is 5.74. The molecular formula is C15H16N4O5S. The van der Waals surface area contributed by atoms with Gasteiger partial charge < -0.3 is 13.8 Å². The van der Waals surface area contributed by atoms with Crippen molar-refractivity contribution < 1.29 is 17.4 Å². The van der Waals surface area contributed by atoms with Crippen molar-refractivity contribution in [1.82, 2.24) is 14.4 Å². The molecule has 0 aliphatic carbocycles. The van der Waals surface area contributed by atoms with Gasteiger partial charge in [0.1, 0.15) is 5.76 Å². The summed E-state index contributed by atoms with van der Waals surface area (Å²) in [4.78, 5) is 15.8. The molecule has 1 aliphatic rings. The minimum atomic E-state index is -3.66. The Balaban J connectivity index is 1.55. The Bertz CT molecular complexity index is 1070. The van der Waals surface area contributed by atoms with E-state index in [2.05, 4.69) is 10.1 Å². The summed E-state index contributed by atoms with van der Waals surface area (Å²) in [5.74, 6) is 0.817. The first-order valence-corrected chi connectivity index (χ1v) is 9.19. The van der Waals surface area contributed by atoms with Gasteiger partial charge in [-0.25, -0.2) is 13.2 Å². The van der Waals surface area contributed by atoms with E-state index < -0.39 is 15.8 Å². The fourth-order valence-electron chi connectivity index (χ4n) is 2.90. The molecule has 0 amide bonds. The van der Waals surface area contributed by atoms with Crippen molar-refractivity contribution in [1.29, 1.82) is 0 Å². The second-order valence-electron chi connectivity index (χ2n) is 5.86. The highest BCUT2D eigenvalue weighted by molar-refractivity contribution is 7.89. The van der Waals surface area contributed by atoms with Crippen LogP contribution in [0.5, 0.6) is 0 Å². The van der Waals surface area contributed by atoms with Crippen LogP contribution in [0.1, 0.15) is 5.76 Å². The SMILES string of the molecule is Cc1cc(N2CCN(S(=O)(=O)c3ccc4[nH]c(=O)oc4c3)CC2)no1. The molecule has 1 N–H and O–H groups in total. The number of H-pyrrole nitrogens is 1. The van der Waals surface area contributed by atoms with Gasteiger partial charge >= 0.3 is 5.76 Å². The van der Waals surface area contributed by atoms with E-state index in [1.807, 2.05) is 17.9 Å². The van der Waals surface area contributed by atoms with Crippen LogP contribution in [0.15, 0.2) is 42.9 Å². The topological polar surface area (TPSA) is 113 Å². The van der Waals surface area contributed by atoms with E-state index >= 15 is 0 Å². The van der Waals surface area contributed by atoms with Gasteiger partial charge in [-0.05, 0) is 19.1 Å². The number of fused-ring (bicyclic) bond motifs is 1. The molecule has 0 spiro atoms. The van der Waals surface area contributed by atoms with E-state index in [1.54, 1.807) is 0 Å². The van der Waals surface area contributed by atoms with Crippen molar-refractivity contribution in [3.63, 3.8) is 0 Å². The standard InChI is InChI=1S/C15H16N4O5S/c1-10-8-14(17-24-10)18-4-6-19(7-5-18)25(21,22)11-2-3-12-13(9-11)23-15(20)16-12/h2-3,8-9H,4-7H2,1H3,(H,16,20). The first-order chi connectivity index (χ1) is 11.9. The molecule has 25 heavy (non-hydrogen) atoms. The average Bonchev–Trinajstić information content (AvgIpc) is 3.18. The van der Waals surface area contributed by atoms with Crippen molar-refractivity contribution in [2.75, 3.05) is 31.1 Å². The van der Waals surface area contributed by atoms with Gasteiger partial charge in [-0.15, -0.1) is 0 Å². The zero-order valence-corrected chi connectivity index (χ0v) is 14.2. The van der Waals surface area contributed by atoms with Crippen LogP contribution in [0.3, 0.4) is 0 Å². The molecule has 9 nitrogen and oxygen atoms in total. The molecule has 0 atom stereocenters. The van der Waals surface area contributed by atoms with E-state index in [-0.39, 0.29) is 10.5 Å². The smallest absolute Gasteiger partial charge is 0.408 e. The Hall–Kier alpha value is -2.59. The summed E-state index contributed by atoms with van der Waals surface area (Å²) >= 11 is 0. The third-order valence-corrected chi connectivity index (χ3v) is 6.10. The summed E-state index contributed by atoms with van der Waals surface area (Å²) in [6, 6.07) is 6.19. The predicted molar refractivity (Wildman–Crippen MR) is 89.0 cm³/mol. The van der Waals surface area contributed by atoms with Gasteiger partial charge in [0.25, 0.3) is 0 Å². The maximum absolute atomic E-state index is 12.8. The molecule has 3 aromatic rings. The van der Waals surface area contributed by atoms with Crippen molar-refractivity contribution in [3.8, 4) is 0 Å². The maximum Gasteiger partial charge on any atom is 0.417 e. The Kier molecular flexibility index (Phi) is 3.65.